The largest absolute Gasteiger partial charge is 0.674 e. The smallest absolute Gasteiger partial charge is 0.414 e. The van der Waals surface area contributed by atoms with E-state index in [4.69, 9.17) is 10.5 Å². The zero-order valence-corrected chi connectivity index (χ0v) is 18.7. The molecule has 0 spiro atoms. The van der Waals surface area contributed by atoms with Crippen LogP contribution in [0.25, 0.3) is 17.0 Å². The van der Waals surface area contributed by atoms with Crippen LogP contribution in [0, 0.1) is 13.2 Å². The minimum atomic E-state index is -0.557. The number of nitrogens with one attached hydrogen (secondary N) is 1. The average molecular weight is 477 g/mol. The number of aromatic nitrogens is 4. The molecule has 0 bridgehead atoms. The monoisotopic (exact) mass is 477 g/mol. The number of hydrogen-bond donors (Lipinski definition) is 0. The third kappa shape index (κ3) is 4.62. The molecule has 1 saturated heterocycles. The second-order valence-electron chi connectivity index (χ2n) is 5.70. The zero-order chi connectivity index (χ0) is 18.1. The van der Waals surface area contributed by atoms with Crippen LogP contribution in [0.15, 0.2) is 36.2 Å². The molecule has 11 heteroatoms. The molecule has 8 nitrogen and oxygen atoms in total. The van der Waals surface area contributed by atoms with E-state index in [1.807, 2.05) is 0 Å². The zero-order valence-electron chi connectivity index (χ0n) is 15.1. The van der Waals surface area contributed by atoms with Crippen molar-refractivity contribution in [3.63, 3.8) is 0 Å². The number of carbonyl (C=O) groups is 1. The molecule has 1 amide bonds. The fourth-order valence-electron chi connectivity index (χ4n) is 2.68. The maximum atomic E-state index is 14.6. The predicted molar refractivity (Wildman–Crippen MR) is 99.8 cm³/mol. The Balaban J connectivity index is 0.00000140. The molecule has 1 aliphatic rings. The van der Waals surface area contributed by atoms with Crippen molar-refractivity contribution in [2.75, 3.05) is 18.0 Å². The summed E-state index contributed by atoms with van der Waals surface area (Å²) >= 11 is 1.41. The van der Waals surface area contributed by atoms with E-state index in [0.29, 0.717) is 23.5 Å². The van der Waals surface area contributed by atoms with Gasteiger partial charge in [0, 0.05) is 43.7 Å². The normalized spacial score (nSPS) is 15.7. The molecule has 1 unspecified atom stereocenters. The molecule has 4 rings (SSSR count). The van der Waals surface area contributed by atoms with Gasteiger partial charge in [-0.3, -0.25) is 4.90 Å². The summed E-state index contributed by atoms with van der Waals surface area (Å²) in [5.74, 6) is -0.470. The molecule has 1 atom stereocenters. The van der Waals surface area contributed by atoms with Crippen molar-refractivity contribution >= 4 is 23.1 Å². The van der Waals surface area contributed by atoms with Gasteiger partial charge >= 0.3 is 6.09 Å². The fraction of sp³-hybridized carbons (Fsp3) is 0.235. The van der Waals surface area contributed by atoms with Gasteiger partial charge in [0.2, 0.25) is 0 Å². The SMILES string of the molecule is [CH3-].[NH-]CC1CN(c2ccc(-c3csc(Cn4cncn4)n3)c(F)c2)C(=O)O1.[Y]. The van der Waals surface area contributed by atoms with Gasteiger partial charge in [-0.05, 0) is 18.2 Å². The first kappa shape index (κ1) is 22.5. The van der Waals surface area contributed by atoms with Crippen molar-refractivity contribution in [2.24, 2.45) is 0 Å². The van der Waals surface area contributed by atoms with E-state index >= 15 is 0 Å². The molecule has 1 aromatic carbocycles. The third-order valence-electron chi connectivity index (χ3n) is 3.96. The minimum absolute atomic E-state index is 0. The van der Waals surface area contributed by atoms with E-state index in [1.54, 1.807) is 28.5 Å². The van der Waals surface area contributed by atoms with Crippen molar-refractivity contribution in [1.29, 1.82) is 0 Å². The van der Waals surface area contributed by atoms with Gasteiger partial charge < -0.3 is 17.9 Å². The molecular weight excluding hydrogens is 460 g/mol. The van der Waals surface area contributed by atoms with Crippen LogP contribution < -0.4 is 4.90 Å². The Labute approximate surface area is 190 Å². The van der Waals surface area contributed by atoms with Gasteiger partial charge in [0.15, 0.2) is 0 Å². The molecular formula is C17H17FN6O2SY-2. The molecule has 3 heterocycles. The number of hydrogen-bond acceptors (Lipinski definition) is 6. The van der Waals surface area contributed by atoms with E-state index in [1.165, 1.54) is 28.6 Å². The van der Waals surface area contributed by atoms with Crippen LogP contribution in [0.2, 0.25) is 0 Å². The number of rotatable bonds is 5. The van der Waals surface area contributed by atoms with Crippen LogP contribution in [0.1, 0.15) is 5.01 Å². The quantitative estimate of drug-likeness (QED) is 0.525. The summed E-state index contributed by atoms with van der Waals surface area (Å²) in [6.45, 7) is 0.703. The number of benzene rings is 1. The van der Waals surface area contributed by atoms with Crippen LogP contribution in [0.4, 0.5) is 14.9 Å². The number of carbonyl (C=O) groups excluding carboxylic acids is 1. The van der Waals surface area contributed by atoms with E-state index in [0.717, 1.165) is 5.01 Å². The van der Waals surface area contributed by atoms with Crippen molar-refractivity contribution in [2.45, 2.75) is 12.6 Å². The van der Waals surface area contributed by atoms with Crippen LogP contribution >= 0.6 is 11.3 Å². The molecule has 2 aromatic heterocycles. The first-order chi connectivity index (χ1) is 12.6. The third-order valence-corrected chi connectivity index (χ3v) is 4.79. The second-order valence-corrected chi connectivity index (χ2v) is 6.65. The van der Waals surface area contributed by atoms with Gasteiger partial charge in [-0.2, -0.15) is 5.10 Å². The first-order valence-corrected chi connectivity index (χ1v) is 8.71. The number of amides is 1. The van der Waals surface area contributed by atoms with Crippen molar-refractivity contribution < 1.29 is 46.6 Å². The molecule has 3 aromatic rings. The van der Waals surface area contributed by atoms with E-state index < -0.39 is 18.0 Å². The van der Waals surface area contributed by atoms with Crippen molar-refractivity contribution in [3.8, 4) is 11.3 Å². The maximum Gasteiger partial charge on any atom is 0.414 e. The van der Waals surface area contributed by atoms with Gasteiger partial charge in [0.05, 0.1) is 24.5 Å². The van der Waals surface area contributed by atoms with Gasteiger partial charge in [-0.1, -0.05) is 0 Å². The van der Waals surface area contributed by atoms with Gasteiger partial charge in [0.1, 0.15) is 29.6 Å². The Morgan fingerprint density at radius 3 is 2.86 bits per heavy atom. The molecule has 1 radical (unpaired) electrons. The Kier molecular flexibility index (Phi) is 7.76. The Morgan fingerprint density at radius 1 is 1.39 bits per heavy atom. The van der Waals surface area contributed by atoms with Gasteiger partial charge in [-0.25, -0.2) is 23.8 Å². The second kappa shape index (κ2) is 9.64. The molecule has 145 valence electrons. The topological polar surface area (TPSA) is 96.9 Å². The van der Waals surface area contributed by atoms with Crippen molar-refractivity contribution in [3.05, 3.63) is 60.2 Å². The Morgan fingerprint density at radius 2 is 2.21 bits per heavy atom. The van der Waals surface area contributed by atoms with Crippen molar-refractivity contribution in [1.82, 2.24) is 19.7 Å². The summed E-state index contributed by atoms with van der Waals surface area (Å²) in [6.07, 6.45) is 2.00. The van der Waals surface area contributed by atoms with E-state index in [2.05, 4.69) is 15.1 Å². The summed E-state index contributed by atoms with van der Waals surface area (Å²) in [6, 6.07) is 4.54. The summed E-state index contributed by atoms with van der Waals surface area (Å²) in [5.41, 5.74) is 8.61. The number of halogens is 1. The number of nitrogens with zero attached hydrogens (tertiary/aromatic N) is 5. The average Bonchev–Trinajstić information content (AvgIpc) is 3.36. The predicted octanol–water partition coefficient (Wildman–Crippen LogP) is 3.41. The molecule has 1 N–H and O–H groups in total. The summed E-state index contributed by atoms with van der Waals surface area (Å²) in [5, 5.41) is 6.59. The Hall–Kier alpha value is -1.75. The van der Waals surface area contributed by atoms with Gasteiger partial charge in [-0.15, -0.1) is 17.9 Å². The number of ether oxygens (including phenoxy) is 1. The molecule has 0 saturated carbocycles. The molecule has 1 fully saturated rings. The van der Waals surface area contributed by atoms with E-state index in [-0.39, 0.29) is 53.2 Å². The van der Waals surface area contributed by atoms with E-state index in [9.17, 15) is 9.18 Å². The van der Waals surface area contributed by atoms with Crippen LogP contribution in [-0.4, -0.2) is 45.0 Å². The first-order valence-electron chi connectivity index (χ1n) is 7.83. The fourth-order valence-corrected chi connectivity index (χ4v) is 3.46. The standard InChI is InChI=1S/C16H14FN6O2S.CH3.Y/c17-13-3-10(23-5-11(4-18)25-16(23)24)1-2-12(13)14-7-26-15(21-14)6-22-9-19-8-20-22;;/h1-3,7-9,11,18H,4-6H2;1H3;/q2*-1;. The van der Waals surface area contributed by atoms with Gasteiger partial charge in [0.25, 0.3) is 0 Å². The number of anilines is 1. The molecule has 1 aliphatic heterocycles. The summed E-state index contributed by atoms with van der Waals surface area (Å²) < 4.78 is 21.3. The minimum Gasteiger partial charge on any atom is -0.674 e. The maximum absolute atomic E-state index is 14.6. The number of thiazole rings is 1. The summed E-state index contributed by atoms with van der Waals surface area (Å²) in [7, 11) is 0. The summed E-state index contributed by atoms with van der Waals surface area (Å²) in [4.78, 5) is 21.5. The van der Waals surface area contributed by atoms with Crippen LogP contribution in [0.3, 0.4) is 0 Å². The van der Waals surface area contributed by atoms with Crippen LogP contribution in [0.5, 0.6) is 0 Å². The molecule has 28 heavy (non-hydrogen) atoms. The Bertz CT molecular complexity index is 936. The molecule has 0 aliphatic carbocycles. The van der Waals surface area contributed by atoms with Crippen LogP contribution in [-0.2, 0) is 44.0 Å². The number of cyclic esters (lactones) is 1.